The second-order valence-electron chi connectivity index (χ2n) is 7.02. The van der Waals surface area contributed by atoms with Crippen LogP contribution in [0.15, 0.2) is 51.6 Å². The Morgan fingerprint density at radius 2 is 2.07 bits per heavy atom. The summed E-state index contributed by atoms with van der Waals surface area (Å²) in [5, 5.41) is 4.56. The topological polar surface area (TPSA) is 98.7 Å². The number of amides is 1. The Morgan fingerprint density at radius 1 is 1.20 bits per heavy atom. The van der Waals surface area contributed by atoms with Crippen molar-refractivity contribution in [1.29, 1.82) is 0 Å². The number of ether oxygens (including phenoxy) is 1. The molecule has 4 heterocycles. The zero-order valence-electron chi connectivity index (χ0n) is 16.3. The summed E-state index contributed by atoms with van der Waals surface area (Å²) in [6.07, 6.45) is 2.19. The first kappa shape index (κ1) is 18.1. The molecule has 0 saturated carbocycles. The van der Waals surface area contributed by atoms with Gasteiger partial charge in [0.25, 0.3) is 11.6 Å². The zero-order valence-corrected chi connectivity index (χ0v) is 16.3. The molecule has 0 N–H and O–H groups in total. The molecule has 0 fully saturated rings. The number of anilines is 1. The van der Waals surface area contributed by atoms with Crippen LogP contribution in [0.4, 0.5) is 5.69 Å². The van der Waals surface area contributed by atoms with Crippen LogP contribution in [-0.2, 0) is 11.2 Å². The third kappa shape index (κ3) is 2.76. The van der Waals surface area contributed by atoms with Crippen LogP contribution >= 0.6 is 0 Å². The summed E-state index contributed by atoms with van der Waals surface area (Å²) in [6, 6.07) is 10.4. The van der Waals surface area contributed by atoms with E-state index < -0.39 is 5.97 Å². The molecule has 150 valence electrons. The number of methoxy groups -OCH3 is 1. The van der Waals surface area contributed by atoms with Gasteiger partial charge in [0.15, 0.2) is 5.76 Å². The minimum atomic E-state index is -0.401. The number of pyridine rings is 1. The van der Waals surface area contributed by atoms with Gasteiger partial charge in [-0.25, -0.2) is 9.78 Å². The van der Waals surface area contributed by atoms with E-state index in [1.807, 2.05) is 0 Å². The number of hydrogen-bond donors (Lipinski definition) is 0. The summed E-state index contributed by atoms with van der Waals surface area (Å²) in [6.45, 7) is 2.28. The van der Waals surface area contributed by atoms with Gasteiger partial charge in [0.05, 0.1) is 35.6 Å². The predicted octanol–water partition coefficient (Wildman–Crippen LogP) is 3.78. The number of hydrogen-bond acceptors (Lipinski definition) is 7. The van der Waals surface area contributed by atoms with E-state index in [1.165, 1.54) is 7.11 Å². The largest absolute Gasteiger partial charge is 0.465 e. The first-order chi connectivity index (χ1) is 14.6. The molecule has 0 bridgehead atoms. The van der Waals surface area contributed by atoms with Crippen LogP contribution < -0.4 is 4.90 Å². The standard InChI is InChI=1S/C22H17N3O5/c1-12-19-15(11-16(18-4-3-9-29-18)23-20(19)30-24-12)21(26)25-8-7-13-10-14(22(27)28-2)5-6-17(13)25/h3-6,9-11H,7-8H2,1-2H3. The normalized spacial score (nSPS) is 12.9. The molecule has 1 amide bonds. The molecule has 4 aromatic rings. The van der Waals surface area contributed by atoms with E-state index in [4.69, 9.17) is 13.7 Å². The van der Waals surface area contributed by atoms with Crippen LogP contribution in [0.1, 0.15) is 32.0 Å². The van der Waals surface area contributed by atoms with Gasteiger partial charge in [-0.3, -0.25) is 4.79 Å². The molecule has 1 aliphatic heterocycles. The third-order valence-corrected chi connectivity index (χ3v) is 5.26. The number of carbonyl (C=O) groups is 2. The highest BCUT2D eigenvalue weighted by atomic mass is 16.5. The highest BCUT2D eigenvalue weighted by Crippen LogP contribution is 2.33. The van der Waals surface area contributed by atoms with Crippen LogP contribution in [0.2, 0.25) is 0 Å². The van der Waals surface area contributed by atoms with Crippen molar-refractivity contribution in [2.24, 2.45) is 0 Å². The van der Waals surface area contributed by atoms with Crippen LogP contribution in [0.25, 0.3) is 22.6 Å². The number of esters is 1. The van der Waals surface area contributed by atoms with Crippen molar-refractivity contribution in [1.82, 2.24) is 10.1 Å². The monoisotopic (exact) mass is 403 g/mol. The molecular formula is C22H17N3O5. The average molecular weight is 403 g/mol. The van der Waals surface area contributed by atoms with Gasteiger partial charge in [-0.15, -0.1) is 0 Å². The second kappa shape index (κ2) is 6.84. The van der Waals surface area contributed by atoms with E-state index in [-0.39, 0.29) is 11.6 Å². The first-order valence-electron chi connectivity index (χ1n) is 9.41. The summed E-state index contributed by atoms with van der Waals surface area (Å²) in [5.41, 5.74) is 3.96. The van der Waals surface area contributed by atoms with Crippen LogP contribution in [0, 0.1) is 6.92 Å². The lowest BCUT2D eigenvalue weighted by Gasteiger charge is -2.18. The van der Waals surface area contributed by atoms with E-state index in [1.54, 1.807) is 54.5 Å². The summed E-state index contributed by atoms with van der Waals surface area (Å²) >= 11 is 0. The number of carbonyl (C=O) groups excluding carboxylic acids is 2. The lowest BCUT2D eigenvalue weighted by Crippen LogP contribution is -2.29. The van der Waals surface area contributed by atoms with Gasteiger partial charge in [-0.2, -0.15) is 0 Å². The molecule has 5 rings (SSSR count). The maximum atomic E-state index is 13.6. The second-order valence-corrected chi connectivity index (χ2v) is 7.02. The molecule has 0 saturated heterocycles. The van der Waals surface area contributed by atoms with Crippen LogP contribution in [-0.4, -0.2) is 35.7 Å². The molecule has 0 aliphatic carbocycles. The Bertz CT molecular complexity index is 1290. The fourth-order valence-electron chi connectivity index (χ4n) is 3.82. The smallest absolute Gasteiger partial charge is 0.337 e. The minimum absolute atomic E-state index is 0.189. The molecule has 8 nitrogen and oxygen atoms in total. The van der Waals surface area contributed by atoms with E-state index in [2.05, 4.69) is 10.1 Å². The number of nitrogens with zero attached hydrogens (tertiary/aromatic N) is 3. The summed E-state index contributed by atoms with van der Waals surface area (Å²) in [4.78, 5) is 31.5. The summed E-state index contributed by atoms with van der Waals surface area (Å²) < 4.78 is 15.6. The van der Waals surface area contributed by atoms with Crippen molar-refractivity contribution in [3.05, 3.63) is 65.0 Å². The van der Waals surface area contributed by atoms with Gasteiger partial charge in [0, 0.05) is 12.2 Å². The molecule has 0 radical (unpaired) electrons. The van der Waals surface area contributed by atoms with E-state index >= 15 is 0 Å². The third-order valence-electron chi connectivity index (χ3n) is 5.26. The Labute approximate surface area is 171 Å². The highest BCUT2D eigenvalue weighted by molar-refractivity contribution is 6.15. The molecule has 1 aromatic carbocycles. The fourth-order valence-corrected chi connectivity index (χ4v) is 3.82. The Hall–Kier alpha value is -3.94. The van der Waals surface area contributed by atoms with Crippen molar-refractivity contribution in [2.75, 3.05) is 18.6 Å². The van der Waals surface area contributed by atoms with E-state index in [9.17, 15) is 9.59 Å². The molecule has 0 atom stereocenters. The number of furan rings is 1. The summed E-state index contributed by atoms with van der Waals surface area (Å²) in [5.74, 6) is -0.0581. The minimum Gasteiger partial charge on any atom is -0.465 e. The van der Waals surface area contributed by atoms with Crippen molar-refractivity contribution in [3.8, 4) is 11.5 Å². The number of aromatic nitrogens is 2. The number of rotatable bonds is 3. The zero-order chi connectivity index (χ0) is 20.8. The van der Waals surface area contributed by atoms with Crippen molar-refractivity contribution in [3.63, 3.8) is 0 Å². The molecule has 0 spiro atoms. The average Bonchev–Trinajstić information content (AvgIpc) is 3.51. The highest BCUT2D eigenvalue weighted by Gasteiger charge is 2.30. The molecule has 3 aromatic heterocycles. The summed E-state index contributed by atoms with van der Waals surface area (Å²) in [7, 11) is 1.35. The Morgan fingerprint density at radius 3 is 2.83 bits per heavy atom. The van der Waals surface area contributed by atoms with Crippen molar-refractivity contribution < 1.29 is 23.3 Å². The maximum absolute atomic E-state index is 13.6. The van der Waals surface area contributed by atoms with Crippen molar-refractivity contribution in [2.45, 2.75) is 13.3 Å². The Kier molecular flexibility index (Phi) is 4.13. The van der Waals surface area contributed by atoms with E-state index in [0.29, 0.717) is 46.6 Å². The molecule has 0 unspecified atom stereocenters. The number of fused-ring (bicyclic) bond motifs is 2. The Balaban J connectivity index is 1.60. The van der Waals surface area contributed by atoms with Gasteiger partial charge in [-0.05, 0) is 55.3 Å². The van der Waals surface area contributed by atoms with Gasteiger partial charge in [-0.1, -0.05) is 5.16 Å². The van der Waals surface area contributed by atoms with Gasteiger partial charge >= 0.3 is 5.97 Å². The number of benzene rings is 1. The van der Waals surface area contributed by atoms with Crippen LogP contribution in [0.3, 0.4) is 0 Å². The lowest BCUT2D eigenvalue weighted by molar-refractivity contribution is 0.0600. The molecule has 1 aliphatic rings. The lowest BCUT2D eigenvalue weighted by atomic mass is 10.1. The first-order valence-corrected chi connectivity index (χ1v) is 9.41. The molecular weight excluding hydrogens is 386 g/mol. The van der Waals surface area contributed by atoms with Gasteiger partial charge in [0.1, 0.15) is 5.69 Å². The number of aryl methyl sites for hydroxylation is 1. The van der Waals surface area contributed by atoms with Gasteiger partial charge < -0.3 is 18.6 Å². The van der Waals surface area contributed by atoms with Crippen molar-refractivity contribution >= 4 is 28.7 Å². The quantitative estimate of drug-likeness (QED) is 0.480. The van der Waals surface area contributed by atoms with Crippen LogP contribution in [0.5, 0.6) is 0 Å². The van der Waals surface area contributed by atoms with Gasteiger partial charge in [0.2, 0.25) is 0 Å². The van der Waals surface area contributed by atoms with E-state index in [0.717, 1.165) is 11.3 Å². The SMILES string of the molecule is COC(=O)c1ccc2c(c1)CCN2C(=O)c1cc(-c2ccco2)nc2onc(C)c12. The predicted molar refractivity (Wildman–Crippen MR) is 107 cm³/mol. The maximum Gasteiger partial charge on any atom is 0.337 e. The fraction of sp³-hybridized carbons (Fsp3) is 0.182. The molecule has 30 heavy (non-hydrogen) atoms. The molecule has 8 heteroatoms.